The van der Waals surface area contributed by atoms with Gasteiger partial charge in [0, 0.05) is 9.35 Å². The fourth-order valence-corrected chi connectivity index (χ4v) is 5.01. The number of hydrazine groups is 1. The molecular weight excluding hydrogens is 474 g/mol. The van der Waals surface area contributed by atoms with E-state index in [9.17, 15) is 9.59 Å². The number of esters is 1. The molecule has 6 nitrogen and oxygen atoms in total. The summed E-state index contributed by atoms with van der Waals surface area (Å²) in [6, 6.07) is 7.53. The SMILES string of the molecule is COC(=O)c1c(NC(=S)NNC(=O)Cc2ccc(Br)cc2)sc2c1CCCCC2. The Kier molecular flexibility index (Phi) is 7.63. The van der Waals surface area contributed by atoms with Gasteiger partial charge in [-0.1, -0.05) is 34.5 Å². The first-order valence-electron chi connectivity index (χ1n) is 9.31. The number of carbonyl (C=O) groups excluding carboxylic acids is 2. The van der Waals surface area contributed by atoms with E-state index in [2.05, 4.69) is 32.1 Å². The van der Waals surface area contributed by atoms with Gasteiger partial charge in [-0.2, -0.15) is 0 Å². The number of hydrogen-bond acceptors (Lipinski definition) is 5. The van der Waals surface area contributed by atoms with E-state index < -0.39 is 0 Å². The molecule has 9 heteroatoms. The normalized spacial score (nSPS) is 13.0. The van der Waals surface area contributed by atoms with Crippen LogP contribution in [0.3, 0.4) is 0 Å². The lowest BCUT2D eigenvalue weighted by Crippen LogP contribution is -2.44. The van der Waals surface area contributed by atoms with E-state index in [1.54, 1.807) is 0 Å². The number of rotatable bonds is 4. The van der Waals surface area contributed by atoms with Crippen molar-refractivity contribution < 1.29 is 14.3 Å². The molecule has 0 spiro atoms. The summed E-state index contributed by atoms with van der Waals surface area (Å²) in [6.45, 7) is 0. The molecule has 0 aliphatic heterocycles. The molecule has 0 bridgehead atoms. The zero-order valence-corrected chi connectivity index (χ0v) is 19.2. The Bertz CT molecular complexity index is 912. The number of aryl methyl sites for hydroxylation is 1. The van der Waals surface area contributed by atoms with Gasteiger partial charge in [0.1, 0.15) is 5.00 Å². The molecule has 0 saturated heterocycles. The van der Waals surface area contributed by atoms with E-state index in [0.29, 0.717) is 10.6 Å². The lowest BCUT2D eigenvalue weighted by molar-refractivity contribution is -0.121. The number of methoxy groups -OCH3 is 1. The van der Waals surface area contributed by atoms with Crippen molar-refractivity contribution in [2.75, 3.05) is 12.4 Å². The van der Waals surface area contributed by atoms with Crippen molar-refractivity contribution in [3.8, 4) is 0 Å². The molecule has 0 radical (unpaired) electrons. The summed E-state index contributed by atoms with van der Waals surface area (Å²) in [4.78, 5) is 25.7. The van der Waals surface area contributed by atoms with Gasteiger partial charge in [-0.3, -0.25) is 15.6 Å². The monoisotopic (exact) mass is 495 g/mol. The highest BCUT2D eigenvalue weighted by Gasteiger charge is 2.25. The van der Waals surface area contributed by atoms with Crippen molar-refractivity contribution in [3.63, 3.8) is 0 Å². The Morgan fingerprint density at radius 2 is 1.86 bits per heavy atom. The highest BCUT2D eigenvalue weighted by Crippen LogP contribution is 2.37. The van der Waals surface area contributed by atoms with Crippen LogP contribution >= 0.6 is 39.5 Å². The van der Waals surface area contributed by atoms with Gasteiger partial charge in [-0.15, -0.1) is 11.3 Å². The minimum Gasteiger partial charge on any atom is -0.465 e. The largest absolute Gasteiger partial charge is 0.465 e. The van der Waals surface area contributed by atoms with Gasteiger partial charge < -0.3 is 10.1 Å². The maximum atomic E-state index is 12.4. The van der Waals surface area contributed by atoms with E-state index >= 15 is 0 Å². The Morgan fingerprint density at radius 3 is 2.59 bits per heavy atom. The third kappa shape index (κ3) is 5.77. The molecule has 0 unspecified atom stereocenters. The Hall–Kier alpha value is -1.97. The Balaban J connectivity index is 1.62. The fourth-order valence-electron chi connectivity index (χ4n) is 3.24. The number of benzene rings is 1. The minimum absolute atomic E-state index is 0.216. The van der Waals surface area contributed by atoms with Crippen LogP contribution in [0.5, 0.6) is 0 Å². The van der Waals surface area contributed by atoms with Crippen LogP contribution in [0.2, 0.25) is 0 Å². The maximum Gasteiger partial charge on any atom is 0.341 e. The van der Waals surface area contributed by atoms with Gasteiger partial charge in [0.25, 0.3) is 0 Å². The van der Waals surface area contributed by atoms with Crippen LogP contribution in [-0.4, -0.2) is 24.1 Å². The fraction of sp³-hybridized carbons (Fsp3) is 0.350. The third-order valence-corrected chi connectivity index (χ3v) is 6.57. The summed E-state index contributed by atoms with van der Waals surface area (Å²) in [5, 5.41) is 3.92. The first-order valence-corrected chi connectivity index (χ1v) is 11.3. The second-order valence-electron chi connectivity index (χ2n) is 6.69. The summed E-state index contributed by atoms with van der Waals surface area (Å²) < 4.78 is 5.95. The molecule has 2 aromatic rings. The molecule has 0 saturated carbocycles. The molecule has 0 atom stereocenters. The molecule has 29 heavy (non-hydrogen) atoms. The van der Waals surface area contributed by atoms with Crippen molar-refractivity contribution >= 4 is 61.5 Å². The van der Waals surface area contributed by atoms with E-state index in [-0.39, 0.29) is 23.4 Å². The van der Waals surface area contributed by atoms with Gasteiger partial charge in [0.2, 0.25) is 5.91 Å². The second-order valence-corrected chi connectivity index (χ2v) is 9.12. The first-order chi connectivity index (χ1) is 14.0. The second kappa shape index (κ2) is 10.2. The predicted octanol–water partition coefficient (Wildman–Crippen LogP) is 4.13. The number of halogens is 1. The molecule has 0 fully saturated rings. The van der Waals surface area contributed by atoms with Gasteiger partial charge in [0.15, 0.2) is 5.11 Å². The van der Waals surface area contributed by atoms with Crippen molar-refractivity contribution in [2.24, 2.45) is 0 Å². The molecule has 3 N–H and O–H groups in total. The molecule has 1 aromatic heterocycles. The van der Waals surface area contributed by atoms with Gasteiger partial charge >= 0.3 is 5.97 Å². The summed E-state index contributed by atoms with van der Waals surface area (Å²) in [5.74, 6) is -0.583. The van der Waals surface area contributed by atoms with Crippen molar-refractivity contribution in [3.05, 3.63) is 50.3 Å². The average molecular weight is 496 g/mol. The number of ether oxygens (including phenoxy) is 1. The number of thiophene rings is 1. The Labute approximate surface area is 187 Å². The van der Waals surface area contributed by atoms with Crippen molar-refractivity contribution in [2.45, 2.75) is 38.5 Å². The van der Waals surface area contributed by atoms with E-state index in [0.717, 1.165) is 47.7 Å². The molecule has 1 aromatic carbocycles. The maximum absolute atomic E-state index is 12.4. The lowest BCUT2D eigenvalue weighted by Gasteiger charge is -2.12. The number of fused-ring (bicyclic) bond motifs is 1. The van der Waals surface area contributed by atoms with Crippen LogP contribution in [0, 0.1) is 0 Å². The zero-order valence-electron chi connectivity index (χ0n) is 16.0. The van der Waals surface area contributed by atoms with Crippen LogP contribution in [0.15, 0.2) is 28.7 Å². The molecule has 154 valence electrons. The predicted molar refractivity (Wildman–Crippen MR) is 122 cm³/mol. The van der Waals surface area contributed by atoms with Crippen LogP contribution in [0.25, 0.3) is 0 Å². The quantitative estimate of drug-likeness (QED) is 0.256. The number of anilines is 1. The number of hydrogen-bond donors (Lipinski definition) is 3. The summed E-state index contributed by atoms with van der Waals surface area (Å²) in [7, 11) is 1.38. The standard InChI is InChI=1S/C20H22BrN3O3S2/c1-27-19(26)17-14-5-3-2-4-6-15(14)29-18(17)22-20(28)24-23-16(25)11-12-7-9-13(21)10-8-12/h7-10H,2-6,11H2,1H3,(H,23,25)(H2,22,24,28). The molecule has 1 aliphatic carbocycles. The zero-order chi connectivity index (χ0) is 20.8. The van der Waals surface area contributed by atoms with E-state index in [4.69, 9.17) is 17.0 Å². The highest BCUT2D eigenvalue weighted by atomic mass is 79.9. The highest BCUT2D eigenvalue weighted by molar-refractivity contribution is 9.10. The van der Waals surface area contributed by atoms with Crippen molar-refractivity contribution in [1.82, 2.24) is 10.9 Å². The number of thiocarbonyl (C=S) groups is 1. The topological polar surface area (TPSA) is 79.5 Å². The van der Waals surface area contributed by atoms with Gasteiger partial charge in [-0.05, 0) is 61.2 Å². The summed E-state index contributed by atoms with van der Waals surface area (Å²) >= 11 is 10.2. The van der Waals surface area contributed by atoms with Crippen molar-refractivity contribution in [1.29, 1.82) is 0 Å². The van der Waals surface area contributed by atoms with E-state index in [1.807, 2.05) is 24.3 Å². The Morgan fingerprint density at radius 1 is 1.14 bits per heavy atom. The molecule has 1 heterocycles. The molecule has 3 rings (SSSR count). The number of amides is 1. The number of nitrogens with one attached hydrogen (secondary N) is 3. The smallest absolute Gasteiger partial charge is 0.341 e. The molecular formula is C20H22BrN3O3S2. The van der Waals surface area contributed by atoms with Crippen LogP contribution in [0.1, 0.15) is 45.6 Å². The third-order valence-electron chi connectivity index (χ3n) is 4.63. The van der Waals surface area contributed by atoms with Gasteiger partial charge in [-0.25, -0.2) is 4.79 Å². The summed E-state index contributed by atoms with van der Waals surface area (Å²) in [5.41, 5.74) is 7.79. The minimum atomic E-state index is -0.367. The van der Waals surface area contributed by atoms with Crippen LogP contribution in [-0.2, 0) is 28.8 Å². The van der Waals surface area contributed by atoms with Crippen LogP contribution < -0.4 is 16.2 Å². The van der Waals surface area contributed by atoms with Crippen LogP contribution in [0.4, 0.5) is 5.00 Å². The lowest BCUT2D eigenvalue weighted by atomic mass is 10.1. The molecule has 1 aliphatic rings. The average Bonchev–Trinajstić information content (AvgIpc) is 2.88. The van der Waals surface area contributed by atoms with E-state index in [1.165, 1.54) is 23.3 Å². The first kappa shape index (κ1) is 21.7. The number of carbonyl (C=O) groups is 2. The van der Waals surface area contributed by atoms with Gasteiger partial charge in [0.05, 0.1) is 19.1 Å². The molecule has 1 amide bonds. The summed E-state index contributed by atoms with van der Waals surface area (Å²) in [6.07, 6.45) is 5.38.